The number of hydrogen-bond donors (Lipinski definition) is 1. The SMILES string of the molecule is CS(=O)(=O)N(CCCC(=O)Nc1ccccc1C(=O)N1CCCCC1)c1ccccc1F. The third-order valence-electron chi connectivity index (χ3n) is 5.36. The highest BCUT2D eigenvalue weighted by Crippen LogP contribution is 2.23. The van der Waals surface area contributed by atoms with E-state index < -0.39 is 15.8 Å². The number of para-hydroxylation sites is 2. The fraction of sp³-hybridized carbons (Fsp3) is 0.391. The second-order valence-electron chi connectivity index (χ2n) is 7.84. The number of carbonyl (C=O) groups excluding carboxylic acids is 2. The lowest BCUT2D eigenvalue weighted by Gasteiger charge is -2.27. The molecular formula is C23H28FN3O4S. The number of benzene rings is 2. The van der Waals surface area contributed by atoms with Gasteiger partial charge in [0.15, 0.2) is 0 Å². The maximum absolute atomic E-state index is 14.1. The molecule has 2 aromatic carbocycles. The van der Waals surface area contributed by atoms with Crippen molar-refractivity contribution < 1.29 is 22.4 Å². The first kappa shape index (κ1) is 23.7. The summed E-state index contributed by atoms with van der Waals surface area (Å²) in [6.45, 7) is 1.37. The van der Waals surface area contributed by atoms with Gasteiger partial charge in [0.25, 0.3) is 5.91 Å². The van der Waals surface area contributed by atoms with Gasteiger partial charge in [-0.25, -0.2) is 12.8 Å². The molecule has 7 nitrogen and oxygen atoms in total. The molecule has 1 saturated heterocycles. The minimum absolute atomic E-state index is 0.0205. The second kappa shape index (κ2) is 10.6. The Morgan fingerprint density at radius 1 is 1.03 bits per heavy atom. The Morgan fingerprint density at radius 2 is 1.69 bits per heavy atom. The maximum atomic E-state index is 14.1. The van der Waals surface area contributed by atoms with Crippen LogP contribution < -0.4 is 9.62 Å². The molecule has 0 saturated carbocycles. The smallest absolute Gasteiger partial charge is 0.255 e. The van der Waals surface area contributed by atoms with Gasteiger partial charge < -0.3 is 10.2 Å². The van der Waals surface area contributed by atoms with Crippen molar-refractivity contribution in [2.24, 2.45) is 0 Å². The Bertz CT molecular complexity index is 1070. The summed E-state index contributed by atoms with van der Waals surface area (Å²) in [5.41, 5.74) is 0.821. The number of nitrogens with one attached hydrogen (secondary N) is 1. The topological polar surface area (TPSA) is 86.8 Å². The Labute approximate surface area is 188 Å². The standard InChI is InChI=1S/C23H28FN3O4S/c1-32(30,31)27(21-13-6-4-11-19(21)24)17-9-14-22(28)25-20-12-5-3-10-18(20)23(29)26-15-7-2-8-16-26/h3-6,10-13H,2,7-9,14-17H2,1H3,(H,25,28). The predicted molar refractivity (Wildman–Crippen MR) is 123 cm³/mol. The molecule has 1 aliphatic rings. The fourth-order valence-electron chi connectivity index (χ4n) is 3.76. The molecule has 3 rings (SSSR count). The zero-order valence-electron chi connectivity index (χ0n) is 18.1. The molecule has 32 heavy (non-hydrogen) atoms. The first-order valence-electron chi connectivity index (χ1n) is 10.7. The first-order chi connectivity index (χ1) is 15.3. The van der Waals surface area contributed by atoms with Crippen LogP contribution in [0.15, 0.2) is 48.5 Å². The van der Waals surface area contributed by atoms with Crippen LogP contribution in [-0.4, -0.2) is 51.0 Å². The van der Waals surface area contributed by atoms with Crippen LogP contribution in [0.4, 0.5) is 15.8 Å². The minimum Gasteiger partial charge on any atom is -0.339 e. The summed E-state index contributed by atoms with van der Waals surface area (Å²) in [7, 11) is -3.72. The molecule has 1 N–H and O–H groups in total. The summed E-state index contributed by atoms with van der Waals surface area (Å²) in [4.78, 5) is 27.2. The van der Waals surface area contributed by atoms with Crippen LogP contribution >= 0.6 is 0 Å². The zero-order valence-corrected chi connectivity index (χ0v) is 18.9. The molecule has 0 radical (unpaired) electrons. The summed E-state index contributed by atoms with van der Waals surface area (Å²) in [5.74, 6) is -1.10. The lowest BCUT2D eigenvalue weighted by Crippen LogP contribution is -2.36. The predicted octanol–water partition coefficient (Wildman–Crippen LogP) is 3.64. The van der Waals surface area contributed by atoms with Gasteiger partial charge in [-0.15, -0.1) is 0 Å². The van der Waals surface area contributed by atoms with Gasteiger partial charge in [-0.3, -0.25) is 13.9 Å². The quantitative estimate of drug-likeness (QED) is 0.650. The molecule has 172 valence electrons. The number of amides is 2. The first-order valence-corrected chi connectivity index (χ1v) is 12.5. The van der Waals surface area contributed by atoms with Crippen molar-refractivity contribution in [1.82, 2.24) is 4.90 Å². The number of rotatable bonds is 8. The summed E-state index contributed by atoms with van der Waals surface area (Å²) >= 11 is 0. The van der Waals surface area contributed by atoms with Crippen molar-refractivity contribution in [2.45, 2.75) is 32.1 Å². The third-order valence-corrected chi connectivity index (χ3v) is 6.54. The van der Waals surface area contributed by atoms with E-state index in [0.29, 0.717) is 24.3 Å². The van der Waals surface area contributed by atoms with Crippen LogP contribution in [0.5, 0.6) is 0 Å². The molecule has 2 amide bonds. The van der Waals surface area contributed by atoms with Gasteiger partial charge in [-0.05, 0) is 49.9 Å². The van der Waals surface area contributed by atoms with Crippen molar-refractivity contribution in [1.29, 1.82) is 0 Å². The molecule has 1 aliphatic heterocycles. The zero-order chi connectivity index (χ0) is 23.1. The summed E-state index contributed by atoms with van der Waals surface area (Å²) in [6.07, 6.45) is 4.27. The van der Waals surface area contributed by atoms with E-state index in [0.717, 1.165) is 29.8 Å². The van der Waals surface area contributed by atoms with E-state index in [1.54, 1.807) is 35.2 Å². The van der Waals surface area contributed by atoms with Gasteiger partial charge in [0.05, 0.1) is 23.2 Å². The average molecular weight is 462 g/mol. The van der Waals surface area contributed by atoms with Gasteiger partial charge in [0.2, 0.25) is 15.9 Å². The van der Waals surface area contributed by atoms with Crippen LogP contribution in [0.25, 0.3) is 0 Å². The van der Waals surface area contributed by atoms with E-state index >= 15 is 0 Å². The largest absolute Gasteiger partial charge is 0.339 e. The monoisotopic (exact) mass is 461 g/mol. The number of piperidine rings is 1. The van der Waals surface area contributed by atoms with E-state index in [9.17, 15) is 22.4 Å². The van der Waals surface area contributed by atoms with Crippen LogP contribution in [0.3, 0.4) is 0 Å². The molecule has 2 aromatic rings. The molecule has 1 fully saturated rings. The minimum atomic E-state index is -3.72. The van der Waals surface area contributed by atoms with Gasteiger partial charge in [-0.2, -0.15) is 0 Å². The molecule has 0 spiro atoms. The van der Waals surface area contributed by atoms with Crippen molar-refractivity contribution in [3.63, 3.8) is 0 Å². The van der Waals surface area contributed by atoms with Crippen LogP contribution in [0, 0.1) is 5.82 Å². The second-order valence-corrected chi connectivity index (χ2v) is 9.74. The number of sulfonamides is 1. The fourth-order valence-corrected chi connectivity index (χ4v) is 4.73. The maximum Gasteiger partial charge on any atom is 0.255 e. The summed E-state index contributed by atoms with van der Waals surface area (Å²) < 4.78 is 39.3. The van der Waals surface area contributed by atoms with Crippen LogP contribution in [0.2, 0.25) is 0 Å². The number of hydrogen-bond acceptors (Lipinski definition) is 4. The van der Waals surface area contributed by atoms with Crippen LogP contribution in [-0.2, 0) is 14.8 Å². The van der Waals surface area contributed by atoms with E-state index in [-0.39, 0.29) is 36.9 Å². The molecule has 0 unspecified atom stereocenters. The van der Waals surface area contributed by atoms with Crippen molar-refractivity contribution in [2.75, 3.05) is 35.5 Å². The number of carbonyl (C=O) groups is 2. The van der Waals surface area contributed by atoms with E-state index in [2.05, 4.69) is 5.32 Å². The lowest BCUT2D eigenvalue weighted by molar-refractivity contribution is -0.116. The molecule has 0 bridgehead atoms. The van der Waals surface area contributed by atoms with E-state index in [1.807, 2.05) is 0 Å². The van der Waals surface area contributed by atoms with Crippen molar-refractivity contribution >= 4 is 33.2 Å². The molecule has 0 aromatic heterocycles. The average Bonchev–Trinajstić information content (AvgIpc) is 2.77. The molecular weight excluding hydrogens is 433 g/mol. The summed E-state index contributed by atoms with van der Waals surface area (Å²) in [6, 6.07) is 12.5. The van der Waals surface area contributed by atoms with Crippen LogP contribution in [0.1, 0.15) is 42.5 Å². The van der Waals surface area contributed by atoms with Gasteiger partial charge in [-0.1, -0.05) is 24.3 Å². The normalized spacial score (nSPS) is 14.1. The molecule has 0 atom stereocenters. The Kier molecular flexibility index (Phi) is 7.84. The van der Waals surface area contributed by atoms with E-state index in [4.69, 9.17) is 0 Å². The molecule has 0 aliphatic carbocycles. The molecule has 9 heteroatoms. The van der Waals surface area contributed by atoms with Crippen molar-refractivity contribution in [3.8, 4) is 0 Å². The van der Waals surface area contributed by atoms with Gasteiger partial charge in [0, 0.05) is 26.1 Å². The van der Waals surface area contributed by atoms with E-state index in [1.165, 1.54) is 18.2 Å². The Morgan fingerprint density at radius 3 is 2.38 bits per heavy atom. The highest BCUT2D eigenvalue weighted by atomic mass is 32.2. The van der Waals surface area contributed by atoms with Gasteiger partial charge >= 0.3 is 0 Å². The molecule has 1 heterocycles. The van der Waals surface area contributed by atoms with Gasteiger partial charge in [0.1, 0.15) is 5.82 Å². The highest BCUT2D eigenvalue weighted by Gasteiger charge is 2.22. The lowest BCUT2D eigenvalue weighted by atomic mass is 10.1. The Hall–Kier alpha value is -2.94. The summed E-state index contributed by atoms with van der Waals surface area (Å²) in [5, 5.41) is 2.77. The highest BCUT2D eigenvalue weighted by molar-refractivity contribution is 7.92. The number of nitrogens with zero attached hydrogens (tertiary/aromatic N) is 2. The Balaban J connectivity index is 1.63. The number of anilines is 2. The third kappa shape index (κ3) is 6.06. The van der Waals surface area contributed by atoms with Crippen molar-refractivity contribution in [3.05, 3.63) is 59.9 Å². The number of likely N-dealkylation sites (tertiary alicyclic amines) is 1. The number of halogens is 1.